The van der Waals surface area contributed by atoms with Gasteiger partial charge in [0.15, 0.2) is 6.61 Å². The molecule has 2 aromatic carbocycles. The number of anilines is 1. The van der Waals surface area contributed by atoms with Gasteiger partial charge in [-0.25, -0.2) is 5.43 Å². The standard InChI is InChI=1S/C23H28N4O4/c1-5-17(4)25-22(29)23(30)27-24-13-18-8-6-7-9-20(18)31-14-21(28)26-19-12-15(2)10-11-16(19)3/h6-13,17H,5,14H2,1-4H3,(H,25,29)(H,26,28)(H,27,30)/b24-13-/t17-/m1/s1. The van der Waals surface area contributed by atoms with Gasteiger partial charge in [0.2, 0.25) is 0 Å². The fourth-order valence-corrected chi connectivity index (χ4v) is 2.52. The first kappa shape index (κ1) is 23.6. The van der Waals surface area contributed by atoms with E-state index in [1.54, 1.807) is 31.2 Å². The minimum Gasteiger partial charge on any atom is -0.483 e. The SMILES string of the molecule is CC[C@@H](C)NC(=O)C(=O)N/N=C\c1ccccc1OCC(=O)Nc1cc(C)ccc1C. The number of nitrogens with zero attached hydrogens (tertiary/aromatic N) is 1. The minimum atomic E-state index is -0.858. The molecule has 3 N–H and O–H groups in total. The number of ether oxygens (including phenoxy) is 1. The zero-order valence-electron chi connectivity index (χ0n) is 18.2. The lowest BCUT2D eigenvalue weighted by atomic mass is 10.1. The summed E-state index contributed by atoms with van der Waals surface area (Å²) < 4.78 is 5.62. The van der Waals surface area contributed by atoms with E-state index in [1.807, 2.05) is 39.0 Å². The molecule has 3 amide bonds. The zero-order chi connectivity index (χ0) is 22.8. The number of hydrogen-bond donors (Lipinski definition) is 3. The van der Waals surface area contributed by atoms with Crippen LogP contribution in [-0.2, 0) is 14.4 Å². The van der Waals surface area contributed by atoms with Crippen LogP contribution in [0.1, 0.15) is 37.0 Å². The van der Waals surface area contributed by atoms with Crippen LogP contribution in [0.2, 0.25) is 0 Å². The van der Waals surface area contributed by atoms with E-state index in [0.717, 1.165) is 16.8 Å². The number of aryl methyl sites for hydroxylation is 2. The lowest BCUT2D eigenvalue weighted by molar-refractivity contribution is -0.139. The summed E-state index contributed by atoms with van der Waals surface area (Å²) in [5.74, 6) is -1.49. The quantitative estimate of drug-likeness (QED) is 0.344. The molecule has 0 aliphatic heterocycles. The number of carbonyl (C=O) groups excluding carboxylic acids is 3. The van der Waals surface area contributed by atoms with Gasteiger partial charge in [-0.1, -0.05) is 31.2 Å². The number of amides is 3. The highest BCUT2D eigenvalue weighted by atomic mass is 16.5. The van der Waals surface area contributed by atoms with Gasteiger partial charge >= 0.3 is 11.8 Å². The summed E-state index contributed by atoms with van der Waals surface area (Å²) in [5, 5.41) is 9.19. The van der Waals surface area contributed by atoms with Crippen LogP contribution in [0.15, 0.2) is 47.6 Å². The molecule has 2 aromatic rings. The first-order valence-corrected chi connectivity index (χ1v) is 10.0. The van der Waals surface area contributed by atoms with Crippen molar-refractivity contribution < 1.29 is 19.1 Å². The van der Waals surface area contributed by atoms with Crippen LogP contribution in [0.5, 0.6) is 5.75 Å². The van der Waals surface area contributed by atoms with Crippen molar-refractivity contribution in [3.63, 3.8) is 0 Å². The van der Waals surface area contributed by atoms with E-state index in [4.69, 9.17) is 4.74 Å². The predicted molar refractivity (Wildman–Crippen MR) is 120 cm³/mol. The van der Waals surface area contributed by atoms with Gasteiger partial charge < -0.3 is 15.4 Å². The van der Waals surface area contributed by atoms with E-state index in [2.05, 4.69) is 21.2 Å². The molecule has 0 aliphatic rings. The van der Waals surface area contributed by atoms with Crippen molar-refractivity contribution in [1.29, 1.82) is 0 Å². The van der Waals surface area contributed by atoms with Crippen LogP contribution >= 0.6 is 0 Å². The Bertz CT molecular complexity index is 972. The summed E-state index contributed by atoms with van der Waals surface area (Å²) in [5.41, 5.74) is 5.47. The average Bonchev–Trinajstić information content (AvgIpc) is 2.75. The van der Waals surface area contributed by atoms with E-state index in [9.17, 15) is 14.4 Å². The van der Waals surface area contributed by atoms with Crippen LogP contribution in [0.25, 0.3) is 0 Å². The second-order valence-corrected chi connectivity index (χ2v) is 7.17. The summed E-state index contributed by atoms with van der Waals surface area (Å²) in [4.78, 5) is 35.8. The molecular formula is C23H28N4O4. The highest BCUT2D eigenvalue weighted by Crippen LogP contribution is 2.18. The number of hydrogen-bond acceptors (Lipinski definition) is 5. The van der Waals surface area contributed by atoms with Gasteiger partial charge in [0, 0.05) is 17.3 Å². The Kier molecular flexibility index (Phi) is 8.75. The maximum absolute atomic E-state index is 12.3. The van der Waals surface area contributed by atoms with Crippen molar-refractivity contribution in [3.8, 4) is 5.75 Å². The summed E-state index contributed by atoms with van der Waals surface area (Å²) in [7, 11) is 0. The molecule has 0 saturated carbocycles. The predicted octanol–water partition coefficient (Wildman–Crippen LogP) is 2.69. The molecule has 0 spiro atoms. The minimum absolute atomic E-state index is 0.105. The molecule has 0 saturated heterocycles. The summed E-state index contributed by atoms with van der Waals surface area (Å²) in [6, 6.07) is 12.6. The van der Waals surface area contributed by atoms with Gasteiger partial charge in [0.25, 0.3) is 5.91 Å². The fraction of sp³-hybridized carbons (Fsp3) is 0.304. The zero-order valence-corrected chi connectivity index (χ0v) is 18.2. The fourth-order valence-electron chi connectivity index (χ4n) is 2.52. The summed E-state index contributed by atoms with van der Waals surface area (Å²) in [6.45, 7) is 7.38. The van der Waals surface area contributed by atoms with Crippen LogP contribution < -0.4 is 20.8 Å². The topological polar surface area (TPSA) is 109 Å². The van der Waals surface area contributed by atoms with Crippen LogP contribution in [0.3, 0.4) is 0 Å². The third-order valence-electron chi connectivity index (χ3n) is 4.51. The molecule has 0 radical (unpaired) electrons. The first-order valence-electron chi connectivity index (χ1n) is 10.0. The number of benzene rings is 2. The Morgan fingerprint density at radius 1 is 1.10 bits per heavy atom. The molecule has 8 nitrogen and oxygen atoms in total. The average molecular weight is 425 g/mol. The molecule has 1 atom stereocenters. The smallest absolute Gasteiger partial charge is 0.329 e. The third kappa shape index (κ3) is 7.58. The first-order chi connectivity index (χ1) is 14.8. The van der Waals surface area contributed by atoms with Gasteiger partial charge in [-0.05, 0) is 56.5 Å². The van der Waals surface area contributed by atoms with Crippen molar-refractivity contribution in [2.45, 2.75) is 40.2 Å². The monoisotopic (exact) mass is 424 g/mol. The number of rotatable bonds is 8. The Labute approximate surface area is 182 Å². The van der Waals surface area contributed by atoms with Crippen LogP contribution in [0, 0.1) is 13.8 Å². The number of carbonyl (C=O) groups is 3. The number of nitrogens with one attached hydrogen (secondary N) is 3. The summed E-state index contributed by atoms with van der Waals surface area (Å²) >= 11 is 0. The van der Waals surface area contributed by atoms with E-state index >= 15 is 0 Å². The molecular weight excluding hydrogens is 396 g/mol. The Hall–Kier alpha value is -3.68. The molecule has 8 heteroatoms. The largest absolute Gasteiger partial charge is 0.483 e. The lowest BCUT2D eigenvalue weighted by Crippen LogP contribution is -2.41. The van der Waals surface area contributed by atoms with Crippen LogP contribution in [-0.4, -0.2) is 36.6 Å². The van der Waals surface area contributed by atoms with Crippen molar-refractivity contribution in [2.75, 3.05) is 11.9 Å². The maximum Gasteiger partial charge on any atom is 0.329 e. The van der Waals surface area contributed by atoms with Gasteiger partial charge in [-0.3, -0.25) is 14.4 Å². The third-order valence-corrected chi connectivity index (χ3v) is 4.51. The van der Waals surface area contributed by atoms with E-state index in [-0.39, 0.29) is 18.6 Å². The second kappa shape index (κ2) is 11.5. The van der Waals surface area contributed by atoms with Gasteiger partial charge in [0.05, 0.1) is 6.21 Å². The van der Waals surface area contributed by atoms with Gasteiger partial charge in [-0.15, -0.1) is 0 Å². The maximum atomic E-state index is 12.3. The molecule has 31 heavy (non-hydrogen) atoms. The molecule has 0 aromatic heterocycles. The molecule has 0 unspecified atom stereocenters. The molecule has 164 valence electrons. The van der Waals surface area contributed by atoms with E-state index in [0.29, 0.717) is 17.7 Å². The number of para-hydroxylation sites is 1. The Morgan fingerprint density at radius 2 is 1.84 bits per heavy atom. The van der Waals surface area contributed by atoms with Crippen molar-refractivity contribution >= 4 is 29.6 Å². The Balaban J connectivity index is 1.93. The normalized spacial score (nSPS) is 11.6. The summed E-state index contributed by atoms with van der Waals surface area (Å²) in [6.07, 6.45) is 2.07. The second-order valence-electron chi connectivity index (χ2n) is 7.17. The van der Waals surface area contributed by atoms with Crippen molar-refractivity contribution in [2.24, 2.45) is 5.10 Å². The van der Waals surface area contributed by atoms with E-state index in [1.165, 1.54) is 6.21 Å². The molecule has 0 fully saturated rings. The molecule has 2 rings (SSSR count). The highest BCUT2D eigenvalue weighted by molar-refractivity contribution is 6.35. The van der Waals surface area contributed by atoms with Gasteiger partial charge in [-0.2, -0.15) is 5.10 Å². The van der Waals surface area contributed by atoms with Gasteiger partial charge in [0.1, 0.15) is 5.75 Å². The molecule has 0 heterocycles. The van der Waals surface area contributed by atoms with Crippen molar-refractivity contribution in [3.05, 3.63) is 59.2 Å². The molecule has 0 aliphatic carbocycles. The Morgan fingerprint density at radius 3 is 2.58 bits per heavy atom. The lowest BCUT2D eigenvalue weighted by Gasteiger charge is -2.11. The highest BCUT2D eigenvalue weighted by Gasteiger charge is 2.14. The van der Waals surface area contributed by atoms with Crippen LogP contribution in [0.4, 0.5) is 5.69 Å². The number of hydrazone groups is 1. The van der Waals surface area contributed by atoms with E-state index < -0.39 is 11.8 Å². The van der Waals surface area contributed by atoms with Crippen molar-refractivity contribution in [1.82, 2.24) is 10.7 Å². The molecule has 0 bridgehead atoms.